The molecule has 0 bridgehead atoms. The standard InChI is InChI=1S/C57H84O20/c1-28(2)18-17-19-29(3)45-41(75-53-50(74-37(11)65)48(72-35(9)63)46(70-33(7)61)43(76-53)26-66-30(4)58)25-57(16)51-40(68-31(5)59)24-39-38(55(51,14)22-23-56(45,57)15)20-21-44(54(39,12)13)77-52-49(73-36(10)64)47(71-34(8)62)42(27-67-52)69-32(6)60/h18,24,29,38,40-53H,17,19-23,25-27H2,1-16H3/t29-,38-,40+,41+,42-,43-,44+,45+,46-,47+,48+,49-,50-,51-,52+,53-,55+,56-,57+/m1/s1. The van der Waals surface area contributed by atoms with E-state index in [-0.39, 0.29) is 30.3 Å². The average Bonchev–Trinajstić information content (AvgIpc) is 3.57. The van der Waals surface area contributed by atoms with E-state index in [2.05, 4.69) is 67.5 Å². The molecule has 0 amide bonds. The molecule has 2 aliphatic heterocycles. The fourth-order valence-electron chi connectivity index (χ4n) is 14.7. The summed E-state index contributed by atoms with van der Waals surface area (Å²) in [6, 6.07) is 0. The molecule has 0 radical (unpaired) electrons. The lowest BCUT2D eigenvalue weighted by atomic mass is 9.38. The van der Waals surface area contributed by atoms with Gasteiger partial charge < -0.3 is 56.8 Å². The van der Waals surface area contributed by atoms with Crippen LogP contribution in [0.2, 0.25) is 0 Å². The minimum Gasteiger partial charge on any atom is -0.463 e. The normalized spacial score (nSPS) is 38.3. The Morgan fingerprint density at radius 1 is 0.610 bits per heavy atom. The Kier molecular flexibility index (Phi) is 19.3. The first-order chi connectivity index (χ1) is 35.8. The number of esters is 8. The Morgan fingerprint density at radius 2 is 1.16 bits per heavy atom. The van der Waals surface area contributed by atoms with Crippen molar-refractivity contribution in [2.75, 3.05) is 13.2 Å². The first-order valence-electron chi connectivity index (χ1n) is 27.1. The van der Waals surface area contributed by atoms with Crippen molar-refractivity contribution in [1.82, 2.24) is 0 Å². The minimum absolute atomic E-state index is 0.0255. The third kappa shape index (κ3) is 13.1. The lowest BCUT2D eigenvalue weighted by Gasteiger charge is -2.67. The molecule has 2 saturated heterocycles. The van der Waals surface area contributed by atoms with Crippen molar-refractivity contribution in [3.63, 3.8) is 0 Å². The summed E-state index contributed by atoms with van der Waals surface area (Å²) in [6.45, 7) is 26.6. The maximum atomic E-state index is 13.5. The lowest BCUT2D eigenvalue weighted by Crippen LogP contribution is -2.64. The summed E-state index contributed by atoms with van der Waals surface area (Å²) in [6.07, 6.45) is -4.43. The second kappa shape index (κ2) is 24.2. The van der Waals surface area contributed by atoms with Crippen LogP contribution < -0.4 is 0 Å². The van der Waals surface area contributed by atoms with Gasteiger partial charge in [-0.05, 0) is 98.9 Å². The molecule has 2 heterocycles. The molecule has 3 saturated carbocycles. The van der Waals surface area contributed by atoms with Crippen LogP contribution >= 0.6 is 0 Å². The molecule has 4 aliphatic carbocycles. The fraction of sp³-hybridized carbons (Fsp3) is 0.789. The van der Waals surface area contributed by atoms with Crippen molar-refractivity contribution >= 4 is 47.8 Å². The number of carbonyl (C=O) groups excluding carboxylic acids is 8. The summed E-state index contributed by atoms with van der Waals surface area (Å²) < 4.78 is 73.0. The number of fused-ring (bicyclic) bond motifs is 5. The van der Waals surface area contributed by atoms with Gasteiger partial charge in [-0.25, -0.2) is 0 Å². The summed E-state index contributed by atoms with van der Waals surface area (Å²) in [5.41, 5.74) is -0.0749. The maximum Gasteiger partial charge on any atom is 0.303 e. The number of hydrogen-bond donors (Lipinski definition) is 0. The molecule has 19 atom stereocenters. The molecule has 77 heavy (non-hydrogen) atoms. The van der Waals surface area contributed by atoms with E-state index < -0.39 is 150 Å². The molecule has 0 aromatic heterocycles. The number of rotatable bonds is 17. The second-order valence-corrected chi connectivity index (χ2v) is 23.8. The number of allylic oxidation sites excluding steroid dienone is 2. The quantitative estimate of drug-likeness (QED) is 0.0798. The SMILES string of the molecule is CC(=O)OC[C@H]1O[C@@H](O[C@H]2C[C@@]3(C)[C@@H]4[C@@H](OC(C)=O)C=C5[C@@H](CC[C@H](O[C@@H]6OC[C@@H](OC(C)=O)[C@H](OC(C)=O)[C@H]6OC(C)=O)C5(C)C)[C@]4(C)CC[C@]3(C)[C@H]2[C@H](C)CCC=C(C)C)[C@H](OC(C)=O)[C@@H](OC(C)=O)[C@@H]1OC(C)=O. The highest BCUT2D eigenvalue weighted by Crippen LogP contribution is 2.76. The zero-order valence-electron chi connectivity index (χ0n) is 47.9. The Morgan fingerprint density at radius 3 is 1.71 bits per heavy atom. The highest BCUT2D eigenvalue weighted by molar-refractivity contribution is 5.70. The van der Waals surface area contributed by atoms with Crippen LogP contribution in [-0.2, 0) is 95.2 Å². The van der Waals surface area contributed by atoms with Crippen LogP contribution in [-0.4, -0.2) is 135 Å². The van der Waals surface area contributed by atoms with E-state index in [1.165, 1.54) is 61.0 Å². The van der Waals surface area contributed by atoms with Gasteiger partial charge >= 0.3 is 47.8 Å². The fourth-order valence-corrected chi connectivity index (χ4v) is 14.7. The minimum atomic E-state index is -1.43. The lowest BCUT2D eigenvalue weighted by molar-refractivity contribution is -0.320. The molecule has 0 unspecified atom stereocenters. The van der Waals surface area contributed by atoms with Gasteiger partial charge in [0.15, 0.2) is 49.2 Å². The molecule has 0 aromatic rings. The van der Waals surface area contributed by atoms with Crippen molar-refractivity contribution in [2.24, 2.45) is 45.3 Å². The topological polar surface area (TPSA) is 247 Å². The van der Waals surface area contributed by atoms with Gasteiger partial charge in [-0.1, -0.05) is 58.8 Å². The molecule has 5 fully saturated rings. The second-order valence-electron chi connectivity index (χ2n) is 23.8. The molecular formula is C57H84O20. The van der Waals surface area contributed by atoms with Gasteiger partial charge in [0.2, 0.25) is 0 Å². The number of hydrogen-bond acceptors (Lipinski definition) is 20. The number of ether oxygens (including phenoxy) is 12. The summed E-state index contributed by atoms with van der Waals surface area (Å²) in [5, 5.41) is 0. The summed E-state index contributed by atoms with van der Waals surface area (Å²) in [7, 11) is 0. The molecule has 6 aliphatic rings. The van der Waals surface area contributed by atoms with Crippen LogP contribution in [0.4, 0.5) is 0 Å². The van der Waals surface area contributed by atoms with Crippen LogP contribution in [0.5, 0.6) is 0 Å². The molecule has 6 rings (SSSR count). The van der Waals surface area contributed by atoms with Gasteiger partial charge in [-0.2, -0.15) is 0 Å². The highest BCUT2D eigenvalue weighted by Gasteiger charge is 2.73. The zero-order chi connectivity index (χ0) is 57.3. The Balaban J connectivity index is 1.43. The molecule has 0 spiro atoms. The third-order valence-corrected chi connectivity index (χ3v) is 17.7. The molecule has 432 valence electrons. The first-order valence-corrected chi connectivity index (χ1v) is 27.1. The van der Waals surface area contributed by atoms with Crippen LogP contribution in [0.3, 0.4) is 0 Å². The van der Waals surface area contributed by atoms with Crippen LogP contribution in [0, 0.1) is 45.3 Å². The van der Waals surface area contributed by atoms with Gasteiger partial charge in [0.1, 0.15) is 18.8 Å². The van der Waals surface area contributed by atoms with E-state index in [4.69, 9.17) is 56.8 Å². The molecule has 0 aromatic carbocycles. The predicted molar refractivity (Wildman–Crippen MR) is 271 cm³/mol. The smallest absolute Gasteiger partial charge is 0.303 e. The van der Waals surface area contributed by atoms with Crippen LogP contribution in [0.1, 0.15) is 156 Å². The van der Waals surface area contributed by atoms with Crippen molar-refractivity contribution in [3.8, 4) is 0 Å². The van der Waals surface area contributed by atoms with Crippen molar-refractivity contribution in [3.05, 3.63) is 23.3 Å². The first kappa shape index (κ1) is 61.3. The Hall–Kier alpha value is -4.92. The van der Waals surface area contributed by atoms with Gasteiger partial charge in [0.05, 0.1) is 18.8 Å². The molecule has 20 heteroatoms. The summed E-state index contributed by atoms with van der Waals surface area (Å²) >= 11 is 0. The van der Waals surface area contributed by atoms with E-state index in [0.29, 0.717) is 19.3 Å². The number of carbonyl (C=O) groups is 8. The third-order valence-electron chi connectivity index (χ3n) is 17.7. The molecule has 20 nitrogen and oxygen atoms in total. The van der Waals surface area contributed by atoms with E-state index in [0.717, 1.165) is 31.3 Å². The van der Waals surface area contributed by atoms with Crippen LogP contribution in [0.25, 0.3) is 0 Å². The Labute approximate surface area is 452 Å². The maximum absolute atomic E-state index is 13.5. The van der Waals surface area contributed by atoms with E-state index in [1.807, 2.05) is 0 Å². The largest absolute Gasteiger partial charge is 0.463 e. The van der Waals surface area contributed by atoms with Gasteiger partial charge in [-0.3, -0.25) is 38.4 Å². The van der Waals surface area contributed by atoms with Gasteiger partial charge in [0, 0.05) is 66.7 Å². The van der Waals surface area contributed by atoms with Gasteiger partial charge in [-0.15, -0.1) is 0 Å². The van der Waals surface area contributed by atoms with E-state index >= 15 is 0 Å². The van der Waals surface area contributed by atoms with Gasteiger partial charge in [0.25, 0.3) is 0 Å². The van der Waals surface area contributed by atoms with Crippen molar-refractivity contribution in [1.29, 1.82) is 0 Å². The van der Waals surface area contributed by atoms with Crippen molar-refractivity contribution < 1.29 is 95.2 Å². The monoisotopic (exact) mass is 1090 g/mol. The summed E-state index contributed by atoms with van der Waals surface area (Å²) in [4.78, 5) is 101. The molecular weight excluding hydrogens is 1000 g/mol. The Bertz CT molecular complexity index is 2300. The van der Waals surface area contributed by atoms with Crippen LogP contribution in [0.15, 0.2) is 23.3 Å². The highest BCUT2D eigenvalue weighted by atomic mass is 16.7. The predicted octanol–water partition coefficient (Wildman–Crippen LogP) is 7.13. The zero-order valence-corrected chi connectivity index (χ0v) is 47.9. The van der Waals surface area contributed by atoms with Crippen molar-refractivity contribution in [2.45, 2.75) is 229 Å². The molecule has 0 N–H and O–H groups in total. The van der Waals surface area contributed by atoms with E-state index in [9.17, 15) is 38.4 Å². The van der Waals surface area contributed by atoms with E-state index in [1.54, 1.807) is 0 Å². The average molecular weight is 1090 g/mol. The summed E-state index contributed by atoms with van der Waals surface area (Å²) in [5.74, 6) is -5.77.